The van der Waals surface area contributed by atoms with E-state index in [0.29, 0.717) is 12.5 Å². The summed E-state index contributed by atoms with van der Waals surface area (Å²) >= 11 is 0. The summed E-state index contributed by atoms with van der Waals surface area (Å²) in [7, 11) is 1.73. The number of ether oxygens (including phenoxy) is 2. The monoisotopic (exact) mass is 462 g/mol. The number of piperazine rings is 1. The van der Waals surface area contributed by atoms with E-state index in [4.69, 9.17) is 9.47 Å². The maximum absolute atomic E-state index is 11.0. The van der Waals surface area contributed by atoms with E-state index in [1.807, 2.05) is 4.90 Å². The van der Waals surface area contributed by atoms with E-state index in [1.165, 1.54) is 27.8 Å². The third-order valence-electron chi connectivity index (χ3n) is 7.07. The van der Waals surface area contributed by atoms with Gasteiger partial charge in [0.15, 0.2) is 0 Å². The van der Waals surface area contributed by atoms with Gasteiger partial charge in [-0.2, -0.15) is 0 Å². The number of hydrogen-bond acceptors (Lipinski definition) is 4. The molecule has 0 aromatic heterocycles. The van der Waals surface area contributed by atoms with Gasteiger partial charge in [-0.3, -0.25) is 9.69 Å². The SMILES string of the molecule is COc1cc(CC(C)C)ccc1COc1ccc2c(c1)CCC(CN1CCN(C=O)CC1)=C2C. The first-order valence-electron chi connectivity index (χ1n) is 12.5. The van der Waals surface area contributed by atoms with Crippen LogP contribution in [0.4, 0.5) is 0 Å². The van der Waals surface area contributed by atoms with E-state index in [0.717, 1.165) is 75.5 Å². The van der Waals surface area contributed by atoms with Crippen LogP contribution in [0.15, 0.2) is 42.0 Å². The minimum absolute atomic E-state index is 0.497. The number of aryl methyl sites for hydroxylation is 1. The van der Waals surface area contributed by atoms with Gasteiger partial charge >= 0.3 is 0 Å². The van der Waals surface area contributed by atoms with Crippen molar-refractivity contribution in [3.8, 4) is 11.5 Å². The Morgan fingerprint density at radius 1 is 1.03 bits per heavy atom. The Kier molecular flexibility index (Phi) is 7.94. The highest BCUT2D eigenvalue weighted by atomic mass is 16.5. The summed E-state index contributed by atoms with van der Waals surface area (Å²) in [5.74, 6) is 2.43. The smallest absolute Gasteiger partial charge is 0.209 e. The van der Waals surface area contributed by atoms with E-state index in [1.54, 1.807) is 7.11 Å². The summed E-state index contributed by atoms with van der Waals surface area (Å²) in [4.78, 5) is 15.3. The predicted molar refractivity (Wildman–Crippen MR) is 137 cm³/mol. The second-order valence-corrected chi connectivity index (χ2v) is 10.00. The average molecular weight is 463 g/mol. The van der Waals surface area contributed by atoms with E-state index < -0.39 is 0 Å². The summed E-state index contributed by atoms with van der Waals surface area (Å²) in [6.45, 7) is 11.8. The molecule has 1 saturated heterocycles. The van der Waals surface area contributed by atoms with Crippen LogP contribution in [-0.4, -0.2) is 56.0 Å². The number of hydrogen-bond donors (Lipinski definition) is 0. The van der Waals surface area contributed by atoms with Crippen LogP contribution in [0.1, 0.15) is 49.4 Å². The molecular weight excluding hydrogens is 424 g/mol. The summed E-state index contributed by atoms with van der Waals surface area (Å²) in [5, 5.41) is 0. The van der Waals surface area contributed by atoms with Gasteiger partial charge in [-0.15, -0.1) is 0 Å². The minimum Gasteiger partial charge on any atom is -0.496 e. The standard InChI is InChI=1S/C29H38N2O3/c1-21(2)15-23-5-6-26(29(16-23)33-4)19-34-27-9-10-28-22(3)25(8-7-24(28)17-27)18-30-11-13-31(20-32)14-12-30/h5-6,9-10,16-17,20-21H,7-8,11-15,18-19H2,1-4H3. The lowest BCUT2D eigenvalue weighted by Crippen LogP contribution is -2.46. The zero-order valence-corrected chi connectivity index (χ0v) is 21.1. The lowest BCUT2D eigenvalue weighted by Gasteiger charge is -2.34. The second-order valence-electron chi connectivity index (χ2n) is 10.00. The first-order chi connectivity index (χ1) is 16.5. The Morgan fingerprint density at radius 2 is 1.82 bits per heavy atom. The summed E-state index contributed by atoms with van der Waals surface area (Å²) in [6, 6.07) is 13.0. The van der Waals surface area contributed by atoms with Crippen LogP contribution in [0.25, 0.3) is 5.57 Å². The summed E-state index contributed by atoms with van der Waals surface area (Å²) < 4.78 is 11.8. The normalized spacial score (nSPS) is 16.6. The van der Waals surface area contributed by atoms with Crippen molar-refractivity contribution < 1.29 is 14.3 Å². The van der Waals surface area contributed by atoms with Crippen molar-refractivity contribution in [1.29, 1.82) is 0 Å². The highest BCUT2D eigenvalue weighted by Gasteiger charge is 2.21. The van der Waals surface area contributed by atoms with Crippen molar-refractivity contribution in [3.05, 3.63) is 64.2 Å². The highest BCUT2D eigenvalue weighted by Crippen LogP contribution is 2.34. The molecule has 2 aromatic carbocycles. The van der Waals surface area contributed by atoms with Gasteiger partial charge in [0.05, 0.1) is 7.11 Å². The number of carbonyl (C=O) groups is 1. The molecular formula is C29H38N2O3. The van der Waals surface area contributed by atoms with E-state index in [9.17, 15) is 4.79 Å². The van der Waals surface area contributed by atoms with Gasteiger partial charge in [0.25, 0.3) is 0 Å². The molecule has 2 aliphatic rings. The van der Waals surface area contributed by atoms with Crippen molar-refractivity contribution >= 4 is 12.0 Å². The molecule has 5 nitrogen and oxygen atoms in total. The van der Waals surface area contributed by atoms with E-state index in [2.05, 4.69) is 62.1 Å². The Bertz CT molecular complexity index is 1040. The molecule has 182 valence electrons. The van der Waals surface area contributed by atoms with Crippen LogP contribution in [-0.2, 0) is 24.2 Å². The Balaban J connectivity index is 1.40. The van der Waals surface area contributed by atoms with Crippen molar-refractivity contribution in [1.82, 2.24) is 9.80 Å². The number of carbonyl (C=O) groups excluding carboxylic acids is 1. The first-order valence-corrected chi connectivity index (χ1v) is 12.5. The Morgan fingerprint density at radius 3 is 2.53 bits per heavy atom. The third kappa shape index (κ3) is 5.82. The maximum Gasteiger partial charge on any atom is 0.209 e. The molecule has 0 N–H and O–H groups in total. The first kappa shape index (κ1) is 24.3. The average Bonchev–Trinajstić information content (AvgIpc) is 2.85. The number of fused-ring (bicyclic) bond motifs is 1. The van der Waals surface area contributed by atoms with Crippen molar-refractivity contribution in [2.75, 3.05) is 39.8 Å². The molecule has 4 rings (SSSR count). The fourth-order valence-electron chi connectivity index (χ4n) is 5.06. The lowest BCUT2D eigenvalue weighted by atomic mass is 9.86. The van der Waals surface area contributed by atoms with Crippen LogP contribution in [0.5, 0.6) is 11.5 Å². The Labute approximate surface area is 204 Å². The molecule has 0 radical (unpaired) electrons. The van der Waals surface area contributed by atoms with Gasteiger partial charge in [0.1, 0.15) is 18.1 Å². The molecule has 1 fully saturated rings. The fraction of sp³-hybridized carbons (Fsp3) is 0.483. The molecule has 0 unspecified atom stereocenters. The van der Waals surface area contributed by atoms with Gasteiger partial charge in [-0.05, 0) is 72.6 Å². The summed E-state index contributed by atoms with van der Waals surface area (Å²) in [5.41, 5.74) is 7.99. The third-order valence-corrected chi connectivity index (χ3v) is 7.07. The van der Waals surface area contributed by atoms with Crippen molar-refractivity contribution in [2.24, 2.45) is 5.92 Å². The lowest BCUT2D eigenvalue weighted by molar-refractivity contribution is -0.119. The molecule has 1 aliphatic heterocycles. The highest BCUT2D eigenvalue weighted by molar-refractivity contribution is 5.72. The molecule has 0 saturated carbocycles. The van der Waals surface area contributed by atoms with Crippen LogP contribution >= 0.6 is 0 Å². The molecule has 34 heavy (non-hydrogen) atoms. The number of methoxy groups -OCH3 is 1. The molecule has 0 bridgehead atoms. The predicted octanol–water partition coefficient (Wildman–Crippen LogP) is 4.97. The topological polar surface area (TPSA) is 42.0 Å². The number of rotatable bonds is 9. The molecule has 0 atom stereocenters. The maximum atomic E-state index is 11.0. The number of nitrogens with zero attached hydrogens (tertiary/aromatic N) is 2. The largest absolute Gasteiger partial charge is 0.496 e. The fourth-order valence-corrected chi connectivity index (χ4v) is 5.06. The van der Waals surface area contributed by atoms with Gasteiger partial charge in [0.2, 0.25) is 6.41 Å². The van der Waals surface area contributed by atoms with Gasteiger partial charge in [-0.25, -0.2) is 0 Å². The van der Waals surface area contributed by atoms with Crippen LogP contribution in [0.2, 0.25) is 0 Å². The van der Waals surface area contributed by atoms with Crippen LogP contribution in [0.3, 0.4) is 0 Å². The van der Waals surface area contributed by atoms with Crippen molar-refractivity contribution in [2.45, 2.75) is 46.6 Å². The van der Waals surface area contributed by atoms with Crippen molar-refractivity contribution in [3.63, 3.8) is 0 Å². The molecule has 1 amide bonds. The minimum atomic E-state index is 0.497. The zero-order valence-electron chi connectivity index (χ0n) is 21.1. The molecule has 1 heterocycles. The van der Waals surface area contributed by atoms with Gasteiger partial charge in [-0.1, -0.05) is 37.6 Å². The Hall–Kier alpha value is -2.79. The van der Waals surface area contributed by atoms with Gasteiger partial charge in [0, 0.05) is 38.3 Å². The molecule has 2 aromatic rings. The molecule has 0 spiro atoms. The number of allylic oxidation sites excluding steroid dienone is 1. The molecule has 1 aliphatic carbocycles. The quantitative estimate of drug-likeness (QED) is 0.494. The molecule has 5 heteroatoms. The van der Waals surface area contributed by atoms with Crippen LogP contribution in [0, 0.1) is 5.92 Å². The number of benzene rings is 2. The second kappa shape index (κ2) is 11.1. The number of amides is 1. The van der Waals surface area contributed by atoms with Crippen LogP contribution < -0.4 is 9.47 Å². The zero-order chi connectivity index (χ0) is 24.1. The van der Waals surface area contributed by atoms with E-state index in [-0.39, 0.29) is 0 Å². The van der Waals surface area contributed by atoms with E-state index >= 15 is 0 Å². The van der Waals surface area contributed by atoms with Gasteiger partial charge < -0.3 is 14.4 Å². The summed E-state index contributed by atoms with van der Waals surface area (Å²) in [6.07, 6.45) is 4.14.